The lowest BCUT2D eigenvalue weighted by Gasteiger charge is -2.11. The summed E-state index contributed by atoms with van der Waals surface area (Å²) in [7, 11) is 0. The van der Waals surface area contributed by atoms with Crippen LogP contribution in [0.4, 0.5) is 0 Å². The molecule has 0 unspecified atom stereocenters. The van der Waals surface area contributed by atoms with Gasteiger partial charge in [0.15, 0.2) is 11.2 Å². The molecule has 126 valence electrons. The van der Waals surface area contributed by atoms with E-state index in [1.165, 1.54) is 15.2 Å². The molecule has 2 rings (SSSR count). The summed E-state index contributed by atoms with van der Waals surface area (Å²) in [6.07, 6.45) is 4.08. The van der Waals surface area contributed by atoms with E-state index in [0.29, 0.717) is 30.1 Å². The molecule has 7 heteroatoms. The van der Waals surface area contributed by atoms with Crippen molar-refractivity contribution in [2.24, 2.45) is 0 Å². The number of allylic oxidation sites excluding steroid dienone is 1. The van der Waals surface area contributed by atoms with Crippen molar-refractivity contribution in [3.8, 4) is 0 Å². The van der Waals surface area contributed by atoms with Crippen LogP contribution in [0.25, 0.3) is 11.2 Å². The average molecular weight is 320 g/mol. The minimum absolute atomic E-state index is 0.158. The van der Waals surface area contributed by atoms with E-state index in [1.54, 1.807) is 4.57 Å². The Hall–Kier alpha value is -2.15. The van der Waals surface area contributed by atoms with Gasteiger partial charge in [0.05, 0.1) is 0 Å². The first-order chi connectivity index (χ1) is 11.1. The smallest absolute Gasteiger partial charge is 0.333 e. The monoisotopic (exact) mass is 320 g/mol. The number of aliphatic hydroxyl groups excluding tert-OH is 1. The number of nitrogens with zero attached hydrogens (tertiary/aromatic N) is 4. The molecule has 1 N–H and O–H groups in total. The Morgan fingerprint density at radius 2 is 1.87 bits per heavy atom. The number of hydrogen-bond acceptors (Lipinski definition) is 4. The lowest BCUT2D eigenvalue weighted by molar-refractivity contribution is 0.265. The second kappa shape index (κ2) is 7.41. The van der Waals surface area contributed by atoms with Crippen LogP contribution in [0.1, 0.15) is 38.9 Å². The van der Waals surface area contributed by atoms with Crippen molar-refractivity contribution >= 4 is 11.2 Å². The van der Waals surface area contributed by atoms with Gasteiger partial charge in [0.2, 0.25) is 0 Å². The molecule has 2 aromatic heterocycles. The first kappa shape index (κ1) is 17.2. The minimum Gasteiger partial charge on any atom is -0.388 e. The van der Waals surface area contributed by atoms with E-state index in [4.69, 9.17) is 0 Å². The highest BCUT2D eigenvalue weighted by Crippen LogP contribution is 2.13. The normalized spacial score (nSPS) is 11.3. The molecular weight excluding hydrogens is 296 g/mol. The van der Waals surface area contributed by atoms with Crippen molar-refractivity contribution in [2.75, 3.05) is 0 Å². The number of rotatable bonds is 8. The van der Waals surface area contributed by atoms with Gasteiger partial charge >= 0.3 is 5.69 Å². The molecule has 0 aromatic carbocycles. The quantitative estimate of drug-likeness (QED) is 0.742. The van der Waals surface area contributed by atoms with E-state index >= 15 is 0 Å². The van der Waals surface area contributed by atoms with Gasteiger partial charge in [-0.1, -0.05) is 26.3 Å². The SMILES string of the molecule is C=CCn1c(=O)c2c(nc(CO)n2CCC)n(CCCC)c1=O. The van der Waals surface area contributed by atoms with Gasteiger partial charge in [0.1, 0.15) is 12.4 Å². The number of fused-ring (bicyclic) bond motifs is 1. The largest absolute Gasteiger partial charge is 0.388 e. The van der Waals surface area contributed by atoms with Crippen molar-refractivity contribution in [1.82, 2.24) is 18.7 Å². The van der Waals surface area contributed by atoms with E-state index in [2.05, 4.69) is 11.6 Å². The summed E-state index contributed by atoms with van der Waals surface area (Å²) in [5, 5.41) is 9.55. The van der Waals surface area contributed by atoms with Gasteiger partial charge in [-0.2, -0.15) is 0 Å². The molecule has 0 fully saturated rings. The number of hydrogen-bond donors (Lipinski definition) is 1. The first-order valence-electron chi connectivity index (χ1n) is 8.05. The molecule has 0 bridgehead atoms. The van der Waals surface area contributed by atoms with E-state index in [0.717, 1.165) is 19.3 Å². The molecule has 2 aromatic rings. The van der Waals surface area contributed by atoms with Gasteiger partial charge in [0.25, 0.3) is 5.56 Å². The Balaban J connectivity index is 2.88. The molecule has 0 aliphatic heterocycles. The zero-order valence-electron chi connectivity index (χ0n) is 13.8. The van der Waals surface area contributed by atoms with Crippen molar-refractivity contribution in [3.63, 3.8) is 0 Å². The Labute approximate surface area is 134 Å². The van der Waals surface area contributed by atoms with Crippen molar-refractivity contribution in [1.29, 1.82) is 0 Å². The average Bonchev–Trinajstić information content (AvgIpc) is 2.90. The van der Waals surface area contributed by atoms with Gasteiger partial charge in [-0.15, -0.1) is 6.58 Å². The Morgan fingerprint density at radius 1 is 1.13 bits per heavy atom. The summed E-state index contributed by atoms with van der Waals surface area (Å²) in [5.74, 6) is 0.417. The van der Waals surface area contributed by atoms with Gasteiger partial charge in [-0.3, -0.25) is 13.9 Å². The predicted molar refractivity (Wildman–Crippen MR) is 89.6 cm³/mol. The van der Waals surface area contributed by atoms with Gasteiger partial charge in [0, 0.05) is 19.6 Å². The highest BCUT2D eigenvalue weighted by atomic mass is 16.3. The molecular formula is C16H24N4O3. The third-order valence-corrected chi connectivity index (χ3v) is 3.83. The van der Waals surface area contributed by atoms with Crippen LogP contribution in [0.15, 0.2) is 22.2 Å². The fraction of sp³-hybridized carbons (Fsp3) is 0.562. The van der Waals surface area contributed by atoms with Crippen LogP contribution in [0, 0.1) is 0 Å². The van der Waals surface area contributed by atoms with Crippen molar-refractivity contribution < 1.29 is 5.11 Å². The topological polar surface area (TPSA) is 82.1 Å². The van der Waals surface area contributed by atoms with Crippen LogP contribution < -0.4 is 11.2 Å². The Morgan fingerprint density at radius 3 is 2.43 bits per heavy atom. The number of imidazole rings is 1. The zero-order valence-corrected chi connectivity index (χ0v) is 13.8. The maximum atomic E-state index is 12.7. The molecule has 0 saturated carbocycles. The van der Waals surface area contributed by atoms with Crippen LogP contribution in [-0.2, 0) is 26.2 Å². The molecule has 0 aliphatic carbocycles. The van der Waals surface area contributed by atoms with Gasteiger partial charge in [-0.25, -0.2) is 9.78 Å². The van der Waals surface area contributed by atoms with E-state index in [9.17, 15) is 14.7 Å². The summed E-state index contributed by atoms with van der Waals surface area (Å²) in [4.78, 5) is 29.7. The maximum Gasteiger partial charge on any atom is 0.333 e. The second-order valence-corrected chi connectivity index (χ2v) is 5.50. The molecule has 0 spiro atoms. The third-order valence-electron chi connectivity index (χ3n) is 3.83. The Bertz CT molecular complexity index is 813. The van der Waals surface area contributed by atoms with Crippen molar-refractivity contribution in [3.05, 3.63) is 39.3 Å². The van der Waals surface area contributed by atoms with Crippen molar-refractivity contribution in [2.45, 2.75) is 59.4 Å². The number of aryl methyl sites for hydroxylation is 2. The predicted octanol–water partition coefficient (Wildman–Crippen LogP) is 1.25. The van der Waals surface area contributed by atoms with Crippen LogP contribution in [0.3, 0.4) is 0 Å². The molecule has 0 saturated heterocycles. The molecule has 2 heterocycles. The minimum atomic E-state index is -0.377. The molecule has 7 nitrogen and oxygen atoms in total. The molecule has 0 radical (unpaired) electrons. The van der Waals surface area contributed by atoms with E-state index < -0.39 is 0 Å². The fourth-order valence-electron chi connectivity index (χ4n) is 2.73. The summed E-state index contributed by atoms with van der Waals surface area (Å²) in [5.41, 5.74) is -0.000461. The van der Waals surface area contributed by atoms with Crippen LogP contribution >= 0.6 is 0 Å². The summed E-state index contributed by atoms with van der Waals surface area (Å²) >= 11 is 0. The first-order valence-corrected chi connectivity index (χ1v) is 8.05. The van der Waals surface area contributed by atoms with E-state index in [1.807, 2.05) is 13.8 Å². The van der Waals surface area contributed by atoms with Crippen LogP contribution in [0.5, 0.6) is 0 Å². The standard InChI is InChI=1S/C16H24N4O3/c1-4-7-10-19-14-13(15(22)20(9-6-3)16(19)23)18(8-5-2)12(11-21)17-14/h6,21H,3-5,7-11H2,1-2H3. The van der Waals surface area contributed by atoms with E-state index in [-0.39, 0.29) is 24.4 Å². The number of unbranched alkanes of at least 4 members (excludes halogenated alkanes) is 1. The summed E-state index contributed by atoms with van der Waals surface area (Å²) in [6.45, 7) is 8.61. The number of aliphatic hydroxyl groups is 1. The molecule has 23 heavy (non-hydrogen) atoms. The molecule has 0 aliphatic rings. The Kier molecular flexibility index (Phi) is 5.54. The second-order valence-electron chi connectivity index (χ2n) is 5.50. The van der Waals surface area contributed by atoms with Gasteiger partial charge < -0.3 is 9.67 Å². The summed E-state index contributed by atoms with van der Waals surface area (Å²) < 4.78 is 4.44. The molecule has 0 amide bonds. The number of aromatic nitrogens is 4. The zero-order chi connectivity index (χ0) is 17.0. The van der Waals surface area contributed by atoms with Gasteiger partial charge in [-0.05, 0) is 12.8 Å². The fourth-order valence-corrected chi connectivity index (χ4v) is 2.73. The maximum absolute atomic E-state index is 12.7. The highest BCUT2D eigenvalue weighted by Gasteiger charge is 2.20. The molecule has 0 atom stereocenters. The lowest BCUT2D eigenvalue weighted by Crippen LogP contribution is -2.40. The highest BCUT2D eigenvalue weighted by molar-refractivity contribution is 5.71. The van der Waals surface area contributed by atoms with Crippen LogP contribution in [-0.4, -0.2) is 23.8 Å². The third kappa shape index (κ3) is 3.01. The summed E-state index contributed by atoms with van der Waals surface area (Å²) in [6, 6.07) is 0. The lowest BCUT2D eigenvalue weighted by atomic mass is 10.3. The van der Waals surface area contributed by atoms with Crippen LogP contribution in [0.2, 0.25) is 0 Å².